The van der Waals surface area contributed by atoms with Crippen LogP contribution in [0.15, 0.2) is 0 Å². The summed E-state index contributed by atoms with van der Waals surface area (Å²) in [5.74, 6) is -0.611. The van der Waals surface area contributed by atoms with Crippen molar-refractivity contribution in [2.24, 2.45) is 0 Å². The third kappa shape index (κ3) is 16.9. The van der Waals surface area contributed by atoms with Crippen LogP contribution < -0.4 is 0 Å². The van der Waals surface area contributed by atoms with Crippen molar-refractivity contribution in [2.45, 2.75) is 16.3 Å². The fraction of sp³-hybridized carbons (Fsp3) is 0.778. The molecular weight excluding hydrogens is 355 g/mol. The number of rotatable bonds is 6. The molecule has 0 aliphatic heterocycles. The molecule has 0 aromatic rings. The standard InChI is InChI=1S/C7H12O4S2.2CH3.Sn/c8-6(4-12)10-2-1-3-11-7(9)5-13;;;/h12-13H,1-5H2;2*1H3;/q;;;+2. The molecule has 7 heteroatoms. The van der Waals surface area contributed by atoms with Crippen molar-refractivity contribution in [1.29, 1.82) is 0 Å². The molecule has 0 amide bonds. The van der Waals surface area contributed by atoms with E-state index in [0.717, 1.165) is 0 Å². The summed E-state index contributed by atoms with van der Waals surface area (Å²) in [5.41, 5.74) is 0. The first kappa shape index (κ1) is 18.8. The minimum atomic E-state index is -0.371. The fourth-order valence-electron chi connectivity index (χ4n) is 0.522. The Morgan fingerprint density at radius 1 is 1.00 bits per heavy atom. The molecule has 0 heterocycles. The number of carbonyl (C=O) groups excluding carboxylic acids is 2. The average molecular weight is 373 g/mol. The van der Waals surface area contributed by atoms with E-state index >= 15 is 0 Å². The van der Waals surface area contributed by atoms with E-state index in [9.17, 15) is 9.59 Å². The second kappa shape index (κ2) is 15.4. The first-order valence-electron chi connectivity index (χ1n) is 4.73. The van der Waals surface area contributed by atoms with Gasteiger partial charge in [0.1, 0.15) is 0 Å². The zero-order valence-corrected chi connectivity index (χ0v) is 14.2. The Bertz CT molecular complexity index is 172. The predicted octanol–water partition coefficient (Wildman–Crippen LogP) is 1.11. The van der Waals surface area contributed by atoms with Gasteiger partial charge in [0.05, 0.1) is 24.7 Å². The summed E-state index contributed by atoms with van der Waals surface area (Å²) < 4.78 is 9.36. The maximum atomic E-state index is 10.5. The van der Waals surface area contributed by atoms with E-state index in [2.05, 4.69) is 44.6 Å². The van der Waals surface area contributed by atoms with Crippen LogP contribution in [0.1, 0.15) is 6.42 Å². The zero-order chi connectivity index (χ0) is 12.8. The molecule has 0 aromatic heterocycles. The second-order valence-electron chi connectivity index (χ2n) is 2.61. The van der Waals surface area contributed by atoms with Crippen molar-refractivity contribution in [3.8, 4) is 0 Å². The number of hydrogen-bond acceptors (Lipinski definition) is 6. The van der Waals surface area contributed by atoms with Gasteiger partial charge in [-0.2, -0.15) is 25.3 Å². The van der Waals surface area contributed by atoms with Gasteiger partial charge in [-0.25, -0.2) is 0 Å². The van der Waals surface area contributed by atoms with Gasteiger partial charge in [0.2, 0.25) is 0 Å². The van der Waals surface area contributed by atoms with E-state index in [1.165, 1.54) is 0 Å². The third-order valence-electron chi connectivity index (χ3n) is 1.07. The number of thiol groups is 2. The molecule has 0 saturated heterocycles. The molecule has 4 nitrogen and oxygen atoms in total. The van der Waals surface area contributed by atoms with Gasteiger partial charge in [-0.15, -0.1) is 0 Å². The average Bonchev–Trinajstić information content (AvgIpc) is 2.29. The van der Waals surface area contributed by atoms with Gasteiger partial charge in [-0.05, 0) is 0 Å². The predicted molar refractivity (Wildman–Crippen MR) is 71.7 cm³/mol. The molecular formula is C9H18O4S2Sn+2. The van der Waals surface area contributed by atoms with E-state index in [-0.39, 0.29) is 57.8 Å². The van der Waals surface area contributed by atoms with Crippen LogP contribution in [0.2, 0.25) is 9.88 Å². The monoisotopic (exact) mass is 374 g/mol. The van der Waals surface area contributed by atoms with Crippen LogP contribution in [0.25, 0.3) is 0 Å². The molecule has 0 radical (unpaired) electrons. The molecule has 0 fully saturated rings. The molecule has 0 aliphatic carbocycles. The Hall–Kier alpha value is 0.439. The van der Waals surface area contributed by atoms with Crippen molar-refractivity contribution in [2.75, 3.05) is 24.7 Å². The van der Waals surface area contributed by atoms with Gasteiger partial charge < -0.3 is 9.47 Å². The van der Waals surface area contributed by atoms with Crippen molar-refractivity contribution in [3.63, 3.8) is 0 Å². The summed E-state index contributed by atoms with van der Waals surface area (Å²) in [7, 11) is 0. The molecule has 16 heavy (non-hydrogen) atoms. The summed E-state index contributed by atoms with van der Waals surface area (Å²) in [6.07, 6.45) is 0.499. The van der Waals surface area contributed by atoms with E-state index < -0.39 is 0 Å². The van der Waals surface area contributed by atoms with Crippen molar-refractivity contribution in [3.05, 3.63) is 0 Å². The Labute approximate surface area is 118 Å². The number of ether oxygens (including phenoxy) is 2. The van der Waals surface area contributed by atoms with E-state index in [4.69, 9.17) is 0 Å². The molecule has 0 N–H and O–H groups in total. The molecule has 0 aliphatic rings. The van der Waals surface area contributed by atoms with Crippen LogP contribution in [0.4, 0.5) is 0 Å². The molecule has 0 saturated carbocycles. The number of carbonyl (C=O) groups is 2. The Balaban J connectivity index is 0. The minimum absolute atomic E-state index is 0.0659. The zero-order valence-electron chi connectivity index (χ0n) is 9.56. The van der Waals surface area contributed by atoms with Crippen LogP contribution >= 0.6 is 25.3 Å². The van der Waals surface area contributed by atoms with Gasteiger partial charge in [0, 0.05) is 6.42 Å². The quantitative estimate of drug-likeness (QED) is 0.317. The summed E-state index contributed by atoms with van der Waals surface area (Å²) in [5, 5.41) is 0. The topological polar surface area (TPSA) is 52.6 Å². The van der Waals surface area contributed by atoms with Gasteiger partial charge in [-0.1, -0.05) is 0 Å². The molecule has 0 rings (SSSR count). The number of esters is 2. The van der Waals surface area contributed by atoms with E-state index in [1.807, 2.05) is 0 Å². The van der Waals surface area contributed by atoms with Crippen molar-refractivity contribution >= 4 is 58.3 Å². The van der Waals surface area contributed by atoms with E-state index in [0.29, 0.717) is 6.42 Å². The first-order valence-corrected chi connectivity index (χ1v) is 11.7. The van der Waals surface area contributed by atoms with Crippen molar-refractivity contribution < 1.29 is 19.1 Å². The van der Waals surface area contributed by atoms with Crippen LogP contribution in [0, 0.1) is 0 Å². The maximum absolute atomic E-state index is 10.5. The summed E-state index contributed by atoms with van der Waals surface area (Å²) in [6, 6.07) is 0. The Morgan fingerprint density at radius 3 is 1.56 bits per heavy atom. The molecule has 0 spiro atoms. The SMILES string of the molecule is O=C(CS)OCCCOC(=O)CS.[CH3][Sn+2][CH3]. The molecule has 0 unspecified atom stereocenters. The second-order valence-corrected chi connectivity index (χ2v) is 6.10. The van der Waals surface area contributed by atoms with Crippen LogP contribution in [-0.4, -0.2) is 57.8 Å². The fourth-order valence-corrected chi connectivity index (χ4v) is 0.705. The van der Waals surface area contributed by atoms with Gasteiger partial charge in [-0.3, -0.25) is 9.59 Å². The molecule has 0 atom stereocenters. The van der Waals surface area contributed by atoms with Crippen LogP contribution in [-0.2, 0) is 19.1 Å². The third-order valence-corrected chi connectivity index (χ3v) is 1.59. The molecule has 0 bridgehead atoms. The summed E-state index contributed by atoms with van der Waals surface area (Å²) in [6.45, 7) is 0.499. The van der Waals surface area contributed by atoms with Gasteiger partial charge in [0.15, 0.2) is 0 Å². The van der Waals surface area contributed by atoms with Crippen molar-refractivity contribution in [1.82, 2.24) is 0 Å². The van der Waals surface area contributed by atoms with Gasteiger partial charge >= 0.3 is 43.0 Å². The number of hydrogen-bond donors (Lipinski definition) is 2. The normalized spacial score (nSPS) is 8.25. The summed E-state index contributed by atoms with van der Waals surface area (Å²) in [4.78, 5) is 25.7. The Morgan fingerprint density at radius 2 is 1.31 bits per heavy atom. The summed E-state index contributed by atoms with van der Waals surface area (Å²) >= 11 is 7.67. The van der Waals surface area contributed by atoms with E-state index in [1.54, 1.807) is 0 Å². The van der Waals surface area contributed by atoms with Crippen LogP contribution in [0.5, 0.6) is 0 Å². The Kier molecular flexibility index (Phi) is 18.1. The van der Waals surface area contributed by atoms with Gasteiger partial charge in [0.25, 0.3) is 0 Å². The molecule has 92 valence electrons. The van der Waals surface area contributed by atoms with Crippen LogP contribution in [0.3, 0.4) is 0 Å². The first-order chi connectivity index (χ1) is 7.62. The molecule has 0 aromatic carbocycles.